The Kier molecular flexibility index (Phi) is 4.31. The van der Waals surface area contributed by atoms with Crippen LogP contribution in [0.3, 0.4) is 0 Å². The van der Waals surface area contributed by atoms with E-state index in [1.54, 1.807) is 24.1 Å². The molecule has 2 nitrogen and oxygen atoms in total. The first-order valence-corrected chi connectivity index (χ1v) is 9.07. The second kappa shape index (κ2) is 6.60. The lowest BCUT2D eigenvalue weighted by Crippen LogP contribution is -1.98. The predicted octanol–water partition coefficient (Wildman–Crippen LogP) is 6.89. The molecule has 1 aliphatic rings. The molecule has 0 saturated heterocycles. The molecule has 2 heterocycles. The van der Waals surface area contributed by atoms with E-state index in [0.717, 1.165) is 27.6 Å². The summed E-state index contributed by atoms with van der Waals surface area (Å²) in [5, 5.41) is 4.81. The van der Waals surface area contributed by atoms with Crippen molar-refractivity contribution in [3.05, 3.63) is 88.3 Å². The number of rotatable bonds is 2. The molecule has 0 fully saturated rings. The predicted molar refractivity (Wildman–Crippen MR) is 102 cm³/mol. The summed E-state index contributed by atoms with van der Waals surface area (Å²) >= 11 is 14.2. The molecule has 4 rings (SSSR count). The first kappa shape index (κ1) is 15.7. The van der Waals surface area contributed by atoms with E-state index < -0.39 is 0 Å². The van der Waals surface area contributed by atoms with Gasteiger partial charge in [0.2, 0.25) is 0 Å². The second-order valence-corrected chi connectivity index (χ2v) is 7.41. The van der Waals surface area contributed by atoms with E-state index in [4.69, 9.17) is 27.6 Å². The fourth-order valence-electron chi connectivity index (χ4n) is 2.64. The van der Waals surface area contributed by atoms with Crippen LogP contribution in [0.4, 0.5) is 5.69 Å². The average Bonchev–Trinajstić information content (AvgIpc) is 3.03. The largest absolute Gasteiger partial charge is 0.463 e. The highest BCUT2D eigenvalue weighted by molar-refractivity contribution is 7.99. The Morgan fingerprint density at radius 1 is 1.00 bits per heavy atom. The lowest BCUT2D eigenvalue weighted by Gasteiger charge is -2.14. The zero-order chi connectivity index (χ0) is 16.5. The summed E-state index contributed by atoms with van der Waals surface area (Å²) in [6.07, 6.45) is 3.81. The molecule has 0 bridgehead atoms. The topological polar surface area (TPSA) is 25.2 Å². The summed E-state index contributed by atoms with van der Waals surface area (Å²) in [4.78, 5) is 1.16. The van der Waals surface area contributed by atoms with Crippen molar-refractivity contribution >= 4 is 46.3 Å². The minimum atomic E-state index is 0.0472. The number of nitrogens with one attached hydrogen (secondary N) is 1. The third kappa shape index (κ3) is 3.07. The SMILES string of the molecule is Clc1ccc(C2C=C(c3ccco3)Nc3ccccc3S2)c(Cl)c1. The van der Waals surface area contributed by atoms with Gasteiger partial charge in [-0.15, -0.1) is 11.8 Å². The molecular weight excluding hydrogens is 361 g/mol. The van der Waals surface area contributed by atoms with E-state index in [9.17, 15) is 0 Å². The highest BCUT2D eigenvalue weighted by atomic mass is 35.5. The van der Waals surface area contributed by atoms with Gasteiger partial charge in [0.1, 0.15) is 5.76 Å². The maximum atomic E-state index is 6.44. The van der Waals surface area contributed by atoms with Crippen molar-refractivity contribution < 1.29 is 4.42 Å². The fraction of sp³-hybridized carbons (Fsp3) is 0.0526. The Hall–Kier alpha value is -1.81. The van der Waals surface area contributed by atoms with Crippen LogP contribution in [0.25, 0.3) is 5.70 Å². The molecule has 0 saturated carbocycles. The summed E-state index contributed by atoms with van der Waals surface area (Å²) in [6.45, 7) is 0. The molecule has 5 heteroatoms. The molecule has 0 spiro atoms. The summed E-state index contributed by atoms with van der Waals surface area (Å²) in [5.41, 5.74) is 3.00. The number of benzene rings is 2. The minimum absolute atomic E-state index is 0.0472. The molecule has 1 atom stereocenters. The van der Waals surface area contributed by atoms with Crippen LogP contribution in [0.15, 0.2) is 76.2 Å². The fourth-order valence-corrected chi connectivity index (χ4v) is 4.45. The molecule has 3 aromatic rings. The molecule has 2 aromatic carbocycles. The van der Waals surface area contributed by atoms with Gasteiger partial charge in [0.15, 0.2) is 0 Å². The van der Waals surface area contributed by atoms with E-state index in [1.165, 1.54) is 0 Å². The van der Waals surface area contributed by atoms with Crippen molar-refractivity contribution in [2.45, 2.75) is 10.1 Å². The summed E-state index contributed by atoms with van der Waals surface area (Å²) < 4.78 is 5.58. The first-order valence-electron chi connectivity index (χ1n) is 7.44. The van der Waals surface area contributed by atoms with Crippen LogP contribution in [0.2, 0.25) is 10.0 Å². The number of furan rings is 1. The Bertz CT molecular complexity index is 905. The minimum Gasteiger partial charge on any atom is -0.463 e. The van der Waals surface area contributed by atoms with Crippen molar-refractivity contribution in [3.8, 4) is 0 Å². The number of anilines is 1. The number of thioether (sulfide) groups is 1. The van der Waals surface area contributed by atoms with Crippen molar-refractivity contribution in [1.82, 2.24) is 0 Å². The number of halogens is 2. The maximum absolute atomic E-state index is 6.44. The number of para-hydroxylation sites is 1. The van der Waals surface area contributed by atoms with Gasteiger partial charge in [0.05, 0.1) is 22.9 Å². The van der Waals surface area contributed by atoms with Crippen LogP contribution < -0.4 is 5.32 Å². The summed E-state index contributed by atoms with van der Waals surface area (Å²) in [7, 11) is 0. The Balaban J connectivity index is 1.84. The van der Waals surface area contributed by atoms with Crippen molar-refractivity contribution in [1.29, 1.82) is 0 Å². The highest BCUT2D eigenvalue weighted by Crippen LogP contribution is 2.46. The van der Waals surface area contributed by atoms with Crippen molar-refractivity contribution in [3.63, 3.8) is 0 Å². The zero-order valence-electron chi connectivity index (χ0n) is 12.5. The molecule has 0 aliphatic carbocycles. The second-order valence-electron chi connectivity index (χ2n) is 5.38. The molecule has 0 amide bonds. The average molecular weight is 374 g/mol. The van der Waals surface area contributed by atoms with E-state index in [1.807, 2.05) is 36.4 Å². The lowest BCUT2D eigenvalue weighted by atomic mass is 10.1. The van der Waals surface area contributed by atoms with Crippen molar-refractivity contribution in [2.75, 3.05) is 5.32 Å². The van der Waals surface area contributed by atoms with Crippen LogP contribution >= 0.6 is 35.0 Å². The lowest BCUT2D eigenvalue weighted by molar-refractivity contribution is 0.553. The van der Waals surface area contributed by atoms with Crippen LogP contribution in [-0.4, -0.2) is 0 Å². The summed E-state index contributed by atoms with van der Waals surface area (Å²) in [5.74, 6) is 0.794. The molecule has 1 aliphatic heterocycles. The normalized spacial score (nSPS) is 16.8. The van der Waals surface area contributed by atoms with Gasteiger partial charge in [0.25, 0.3) is 0 Å². The molecule has 1 aromatic heterocycles. The third-order valence-electron chi connectivity index (χ3n) is 3.78. The smallest absolute Gasteiger partial charge is 0.149 e. The van der Waals surface area contributed by atoms with Crippen molar-refractivity contribution in [2.24, 2.45) is 0 Å². The molecule has 1 unspecified atom stereocenters. The number of fused-ring (bicyclic) bond motifs is 1. The van der Waals surface area contributed by atoms with E-state index in [-0.39, 0.29) is 5.25 Å². The van der Waals surface area contributed by atoms with E-state index >= 15 is 0 Å². The van der Waals surface area contributed by atoms with Gasteiger partial charge < -0.3 is 9.73 Å². The standard InChI is InChI=1S/C19H13Cl2NOS/c20-12-7-8-13(14(21)10-12)19-11-16(17-5-3-9-23-17)22-15-4-1-2-6-18(15)24-19/h1-11,19,22H. The first-order chi connectivity index (χ1) is 11.7. The number of hydrogen-bond acceptors (Lipinski definition) is 3. The highest BCUT2D eigenvalue weighted by Gasteiger charge is 2.22. The van der Waals surface area contributed by atoms with Gasteiger partial charge in [-0.25, -0.2) is 0 Å². The van der Waals surface area contributed by atoms with E-state index in [2.05, 4.69) is 23.5 Å². The van der Waals surface area contributed by atoms with Crippen LogP contribution in [-0.2, 0) is 0 Å². The van der Waals surface area contributed by atoms with Gasteiger partial charge in [0, 0.05) is 14.9 Å². The van der Waals surface area contributed by atoms with Crippen LogP contribution in [0.5, 0.6) is 0 Å². The Morgan fingerprint density at radius 3 is 2.67 bits per heavy atom. The zero-order valence-corrected chi connectivity index (χ0v) is 14.8. The van der Waals surface area contributed by atoms with Crippen LogP contribution in [0, 0.1) is 0 Å². The van der Waals surface area contributed by atoms with Gasteiger partial charge in [-0.2, -0.15) is 0 Å². The Labute approximate surface area is 154 Å². The third-order valence-corrected chi connectivity index (χ3v) is 5.60. The van der Waals surface area contributed by atoms with Gasteiger partial charge in [-0.1, -0.05) is 41.4 Å². The molecule has 0 radical (unpaired) electrons. The molecule has 1 N–H and O–H groups in total. The van der Waals surface area contributed by atoms with E-state index in [0.29, 0.717) is 10.0 Å². The summed E-state index contributed by atoms with van der Waals surface area (Å²) in [6, 6.07) is 17.7. The van der Waals surface area contributed by atoms with Gasteiger partial charge >= 0.3 is 0 Å². The monoisotopic (exact) mass is 373 g/mol. The molecule has 120 valence electrons. The van der Waals surface area contributed by atoms with Gasteiger partial charge in [-0.3, -0.25) is 0 Å². The Morgan fingerprint density at radius 2 is 1.88 bits per heavy atom. The maximum Gasteiger partial charge on any atom is 0.149 e. The molecule has 24 heavy (non-hydrogen) atoms. The number of hydrogen-bond donors (Lipinski definition) is 1. The van der Waals surface area contributed by atoms with Crippen LogP contribution in [0.1, 0.15) is 16.6 Å². The quantitative estimate of drug-likeness (QED) is 0.529. The molecular formula is C19H13Cl2NOS. The van der Waals surface area contributed by atoms with Gasteiger partial charge in [-0.05, 0) is 48.0 Å².